The van der Waals surface area contributed by atoms with Gasteiger partial charge in [0.05, 0.1) is 33.4 Å². The molecule has 0 bridgehead atoms. The van der Waals surface area contributed by atoms with Crippen LogP contribution < -0.4 is 15.4 Å². The molecule has 1 aromatic carbocycles. The van der Waals surface area contributed by atoms with E-state index < -0.39 is 58.3 Å². The van der Waals surface area contributed by atoms with Gasteiger partial charge >= 0.3 is 12.2 Å². The van der Waals surface area contributed by atoms with Crippen LogP contribution in [-0.4, -0.2) is 92.7 Å². The third kappa shape index (κ3) is 5.90. The Morgan fingerprint density at radius 2 is 2.00 bits per heavy atom. The molecule has 274 valence electrons. The average molecular weight is 765 g/mol. The molecule has 18 heteroatoms. The molecule has 4 atom stereocenters. The summed E-state index contributed by atoms with van der Waals surface area (Å²) in [5.41, 5.74) is 1.94. The predicted molar refractivity (Wildman–Crippen MR) is 183 cm³/mol. The highest BCUT2D eigenvalue weighted by Crippen LogP contribution is 2.46. The van der Waals surface area contributed by atoms with Crippen LogP contribution in [0.4, 0.5) is 38.0 Å². The summed E-state index contributed by atoms with van der Waals surface area (Å²) < 4.78 is 95.4. The van der Waals surface area contributed by atoms with Gasteiger partial charge in [0.1, 0.15) is 34.9 Å². The zero-order chi connectivity index (χ0) is 36.7. The fourth-order valence-electron chi connectivity index (χ4n) is 8.22. The van der Waals surface area contributed by atoms with Crippen molar-refractivity contribution in [2.45, 2.75) is 50.1 Å². The first kappa shape index (κ1) is 34.8. The molecule has 7 heterocycles. The van der Waals surface area contributed by atoms with E-state index >= 15 is 4.39 Å². The van der Waals surface area contributed by atoms with Crippen LogP contribution >= 0.6 is 22.9 Å². The molecule has 8 rings (SSSR count). The molecule has 1 amide bonds. The van der Waals surface area contributed by atoms with Crippen molar-refractivity contribution in [3.05, 3.63) is 56.5 Å². The summed E-state index contributed by atoms with van der Waals surface area (Å²) in [7, 11) is 0. The maximum atomic E-state index is 16.8. The average Bonchev–Trinajstić information content (AvgIpc) is 3.84. The van der Waals surface area contributed by atoms with Gasteiger partial charge in [-0.05, 0) is 44.0 Å². The van der Waals surface area contributed by atoms with E-state index in [0.717, 1.165) is 18.6 Å². The van der Waals surface area contributed by atoms with Crippen LogP contribution in [0.2, 0.25) is 5.02 Å². The van der Waals surface area contributed by atoms with Crippen molar-refractivity contribution in [3.8, 4) is 17.3 Å². The van der Waals surface area contributed by atoms with Gasteiger partial charge in [-0.15, -0.1) is 11.3 Å². The molecule has 4 saturated heterocycles. The molecule has 4 fully saturated rings. The molecule has 2 unspecified atom stereocenters. The maximum Gasteiger partial charge on any atom is 0.418 e. The van der Waals surface area contributed by atoms with Crippen LogP contribution in [0.5, 0.6) is 6.01 Å². The Hall–Kier alpha value is -4.22. The number of fused-ring (bicyclic) bond motifs is 3. The first-order valence-electron chi connectivity index (χ1n) is 16.6. The second kappa shape index (κ2) is 12.7. The van der Waals surface area contributed by atoms with E-state index in [9.17, 15) is 26.7 Å². The summed E-state index contributed by atoms with van der Waals surface area (Å²) in [4.78, 5) is 35.1. The lowest BCUT2D eigenvalue weighted by Crippen LogP contribution is -2.58. The standard InChI is InChI=1S/C34H31ClF6N8O2S/c1-16-7-23(42)44-29(26(16)34(39,40)41)25-20(35)8-19-28(27(25)38)45-32(51-15-33-3-2-5-48(33)13-18(36)10-33)46-30(19)47-11-17-12-49(22(17)14-47)31(50)21(37)9-24-43-4-6-52-24/h4,6-9,17-18,22H,2-3,5,10-15H2,1H3,(H2,42,44)/b21-9-/t17?,18-,22?,33-/m1/s1. The number of likely N-dealkylation sites (tertiary alicyclic amines) is 1. The highest BCUT2D eigenvalue weighted by Gasteiger charge is 2.51. The SMILES string of the molecule is Cc1cc(N)nc(-c2c(Cl)cc3c(N4CC5CN(C(=O)/C(F)=C/c6nccs6)C5C4)nc(OC[C@]45CCCN4C[C@H](F)C5)nc3c2F)c1C(F)(F)F. The van der Waals surface area contributed by atoms with Crippen LogP contribution in [0.1, 0.15) is 35.4 Å². The number of nitrogens with zero attached hydrogens (tertiary/aromatic N) is 7. The van der Waals surface area contributed by atoms with Gasteiger partial charge in [0.2, 0.25) is 0 Å². The maximum absolute atomic E-state index is 16.8. The fourth-order valence-corrected chi connectivity index (χ4v) is 9.06. The lowest BCUT2D eigenvalue weighted by atomic mass is 9.92. The number of anilines is 2. The summed E-state index contributed by atoms with van der Waals surface area (Å²) in [6.45, 7) is 2.95. The van der Waals surface area contributed by atoms with Gasteiger partial charge in [0, 0.05) is 61.6 Å². The van der Waals surface area contributed by atoms with Crippen molar-refractivity contribution in [3.63, 3.8) is 0 Å². The largest absolute Gasteiger partial charge is 0.461 e. The monoisotopic (exact) mass is 764 g/mol. The molecule has 10 nitrogen and oxygen atoms in total. The normalized spacial score (nSPS) is 24.8. The number of rotatable bonds is 7. The number of nitrogens with two attached hydrogens (primary N) is 1. The molecule has 0 saturated carbocycles. The quantitative estimate of drug-likeness (QED) is 0.167. The number of carbonyl (C=O) groups is 1. The lowest BCUT2D eigenvalue weighted by Gasteiger charge is -2.42. The minimum Gasteiger partial charge on any atom is -0.461 e. The number of aromatic nitrogens is 4. The number of aryl methyl sites for hydroxylation is 1. The van der Waals surface area contributed by atoms with Gasteiger partial charge in [-0.3, -0.25) is 9.69 Å². The summed E-state index contributed by atoms with van der Waals surface area (Å²) in [6, 6.07) is 1.64. The topological polar surface area (TPSA) is 114 Å². The number of ether oxygens (including phenoxy) is 1. The van der Waals surface area contributed by atoms with Crippen molar-refractivity contribution in [1.82, 2.24) is 29.7 Å². The van der Waals surface area contributed by atoms with Gasteiger partial charge in [-0.2, -0.15) is 23.1 Å². The van der Waals surface area contributed by atoms with E-state index in [1.807, 2.05) is 4.90 Å². The molecule has 0 spiro atoms. The van der Waals surface area contributed by atoms with Crippen molar-refractivity contribution in [1.29, 1.82) is 0 Å². The Kier molecular flexibility index (Phi) is 8.53. The number of halogens is 7. The number of alkyl halides is 4. The van der Waals surface area contributed by atoms with Crippen LogP contribution in [-0.2, 0) is 11.0 Å². The van der Waals surface area contributed by atoms with Crippen LogP contribution in [0.15, 0.2) is 29.5 Å². The van der Waals surface area contributed by atoms with Crippen molar-refractivity contribution >= 4 is 57.5 Å². The minimum absolute atomic E-state index is 0.00681. The second-order valence-corrected chi connectivity index (χ2v) is 15.1. The Morgan fingerprint density at radius 3 is 2.75 bits per heavy atom. The zero-order valence-corrected chi connectivity index (χ0v) is 29.1. The number of pyridine rings is 1. The van der Waals surface area contributed by atoms with Crippen molar-refractivity contribution in [2.24, 2.45) is 5.92 Å². The first-order chi connectivity index (χ1) is 24.7. The molecule has 52 heavy (non-hydrogen) atoms. The van der Waals surface area contributed by atoms with Gasteiger partial charge in [-0.25, -0.2) is 23.1 Å². The molecular weight excluding hydrogens is 734 g/mol. The number of nitrogen functional groups attached to an aromatic ring is 1. The Labute approximate surface area is 302 Å². The van der Waals surface area contributed by atoms with Crippen LogP contribution in [0, 0.1) is 18.7 Å². The van der Waals surface area contributed by atoms with Gasteiger partial charge in [-0.1, -0.05) is 11.6 Å². The van der Waals surface area contributed by atoms with Crippen LogP contribution in [0.3, 0.4) is 0 Å². The summed E-state index contributed by atoms with van der Waals surface area (Å²) in [6.07, 6.45) is -1.62. The van der Waals surface area contributed by atoms with Gasteiger partial charge < -0.3 is 20.3 Å². The van der Waals surface area contributed by atoms with Gasteiger partial charge in [0.25, 0.3) is 5.91 Å². The molecular formula is C34H31ClF6N8O2S. The smallest absolute Gasteiger partial charge is 0.418 e. The molecule has 4 aliphatic heterocycles. The Bertz CT molecular complexity index is 2120. The van der Waals surface area contributed by atoms with Gasteiger partial charge in [0.15, 0.2) is 11.6 Å². The first-order valence-corrected chi connectivity index (χ1v) is 17.9. The molecule has 2 N–H and O–H groups in total. The highest BCUT2D eigenvalue weighted by atomic mass is 35.5. The number of carbonyl (C=O) groups excluding carboxylic acids is 1. The van der Waals surface area contributed by atoms with E-state index in [1.54, 1.807) is 10.3 Å². The van der Waals surface area contributed by atoms with E-state index in [0.29, 0.717) is 24.5 Å². The van der Waals surface area contributed by atoms with E-state index in [2.05, 4.69) is 19.9 Å². The number of amides is 1. The highest BCUT2D eigenvalue weighted by molar-refractivity contribution is 7.10. The second-order valence-electron chi connectivity index (χ2n) is 13.8. The predicted octanol–water partition coefficient (Wildman–Crippen LogP) is 6.46. The van der Waals surface area contributed by atoms with Crippen molar-refractivity contribution < 1.29 is 35.9 Å². The third-order valence-electron chi connectivity index (χ3n) is 10.5. The van der Waals surface area contributed by atoms with E-state index in [4.69, 9.17) is 22.1 Å². The summed E-state index contributed by atoms with van der Waals surface area (Å²) in [5, 5.41) is 1.70. The molecule has 0 aliphatic carbocycles. The Balaban J connectivity index is 1.19. The number of thiazole rings is 1. The van der Waals surface area contributed by atoms with Crippen molar-refractivity contribution in [2.75, 3.05) is 50.0 Å². The van der Waals surface area contributed by atoms with Crippen LogP contribution in [0.25, 0.3) is 28.2 Å². The molecule has 4 aliphatic rings. The summed E-state index contributed by atoms with van der Waals surface area (Å²) in [5.74, 6) is -3.12. The zero-order valence-electron chi connectivity index (χ0n) is 27.6. The fraction of sp³-hybridized carbons (Fsp3) is 0.441. The minimum atomic E-state index is -4.93. The Morgan fingerprint density at radius 1 is 1.19 bits per heavy atom. The number of hydrogen-bond donors (Lipinski definition) is 1. The number of benzene rings is 1. The summed E-state index contributed by atoms with van der Waals surface area (Å²) >= 11 is 7.78. The lowest BCUT2D eigenvalue weighted by molar-refractivity contribution is -0.138. The third-order valence-corrected chi connectivity index (χ3v) is 11.6. The number of hydrogen-bond acceptors (Lipinski definition) is 10. The molecule has 4 aromatic rings. The van der Waals surface area contributed by atoms with E-state index in [-0.39, 0.29) is 77.7 Å². The molecule has 0 radical (unpaired) electrons. The van der Waals surface area contributed by atoms with E-state index in [1.165, 1.54) is 35.4 Å². The molecule has 3 aromatic heterocycles.